The summed E-state index contributed by atoms with van der Waals surface area (Å²) in [4.78, 5) is 43.6. The topological polar surface area (TPSA) is 80.3 Å². The van der Waals surface area contributed by atoms with Crippen molar-refractivity contribution in [3.05, 3.63) is 84.0 Å². The number of carbonyl (C=O) groups excluding carboxylic acids is 2. The van der Waals surface area contributed by atoms with E-state index >= 15 is 0 Å². The number of ether oxygens (including phenoxy) is 1. The predicted molar refractivity (Wildman–Crippen MR) is 104 cm³/mol. The SMILES string of the molecule is [CH2]CCOCC[C](OOC(=O)c1ccc(C)cc1)OOC(=O)c1ccc(C)cc1. The van der Waals surface area contributed by atoms with Gasteiger partial charge in [0, 0.05) is 13.0 Å². The van der Waals surface area contributed by atoms with Crippen molar-refractivity contribution >= 4 is 11.9 Å². The maximum absolute atomic E-state index is 12.1. The Bertz CT molecular complexity index is 707. The maximum atomic E-state index is 12.1. The van der Waals surface area contributed by atoms with Crippen molar-refractivity contribution < 1.29 is 33.9 Å². The second-order valence-electron chi connectivity index (χ2n) is 6.23. The highest BCUT2D eigenvalue weighted by Crippen LogP contribution is 2.16. The van der Waals surface area contributed by atoms with Crippen molar-refractivity contribution in [2.24, 2.45) is 0 Å². The third-order valence-electron chi connectivity index (χ3n) is 3.73. The Morgan fingerprint density at radius 1 is 0.724 bits per heavy atom. The number of aryl methyl sites for hydroxylation is 2. The molecule has 0 atom stereocenters. The van der Waals surface area contributed by atoms with Crippen LogP contribution in [0.2, 0.25) is 0 Å². The first-order chi connectivity index (χ1) is 14.0. The normalized spacial score (nSPS) is 10.8. The van der Waals surface area contributed by atoms with Gasteiger partial charge in [-0.3, -0.25) is 9.78 Å². The van der Waals surface area contributed by atoms with E-state index in [4.69, 9.17) is 24.3 Å². The molecule has 0 saturated carbocycles. The summed E-state index contributed by atoms with van der Waals surface area (Å²) in [5, 5.41) is 0. The van der Waals surface area contributed by atoms with Gasteiger partial charge in [0.1, 0.15) is 0 Å². The van der Waals surface area contributed by atoms with Crippen molar-refractivity contribution in [3.63, 3.8) is 0 Å². The van der Waals surface area contributed by atoms with Gasteiger partial charge in [-0.15, -0.1) is 9.78 Å². The van der Waals surface area contributed by atoms with Crippen LogP contribution in [0.1, 0.15) is 44.7 Å². The average molecular weight is 400 g/mol. The number of rotatable bonds is 11. The minimum absolute atomic E-state index is 0.0857. The Morgan fingerprint density at radius 2 is 1.17 bits per heavy atom. The zero-order valence-electron chi connectivity index (χ0n) is 16.5. The van der Waals surface area contributed by atoms with Crippen molar-refractivity contribution in [1.82, 2.24) is 0 Å². The van der Waals surface area contributed by atoms with Crippen LogP contribution in [0.15, 0.2) is 48.5 Å². The first kappa shape index (κ1) is 22.5. The fraction of sp³-hybridized carbons (Fsp3) is 0.273. The van der Waals surface area contributed by atoms with Crippen LogP contribution in [0, 0.1) is 27.1 Å². The molecule has 154 valence electrons. The minimum atomic E-state index is -0.713. The molecule has 0 unspecified atom stereocenters. The second kappa shape index (κ2) is 12.0. The summed E-state index contributed by atoms with van der Waals surface area (Å²) in [6, 6.07) is 13.5. The summed E-state index contributed by atoms with van der Waals surface area (Å²) in [6.45, 7) is 8.12. The van der Waals surface area contributed by atoms with Crippen LogP contribution in [0.25, 0.3) is 0 Å². The first-order valence-electron chi connectivity index (χ1n) is 9.13. The van der Waals surface area contributed by atoms with E-state index in [2.05, 4.69) is 6.92 Å². The van der Waals surface area contributed by atoms with Crippen LogP contribution in [0.3, 0.4) is 0 Å². The van der Waals surface area contributed by atoms with Gasteiger partial charge >= 0.3 is 18.2 Å². The van der Waals surface area contributed by atoms with E-state index in [0.29, 0.717) is 24.2 Å². The Balaban J connectivity index is 1.89. The fourth-order valence-corrected chi connectivity index (χ4v) is 2.10. The van der Waals surface area contributed by atoms with Gasteiger partial charge in [0.25, 0.3) is 0 Å². The summed E-state index contributed by atoms with van der Waals surface area (Å²) in [5.74, 6) is -1.43. The van der Waals surface area contributed by atoms with Gasteiger partial charge in [-0.25, -0.2) is 9.59 Å². The summed E-state index contributed by atoms with van der Waals surface area (Å²) < 4.78 is 5.30. The largest absolute Gasteiger partial charge is 0.381 e. The molecule has 2 aromatic carbocycles. The van der Waals surface area contributed by atoms with E-state index in [0.717, 1.165) is 11.1 Å². The monoisotopic (exact) mass is 400 g/mol. The van der Waals surface area contributed by atoms with Gasteiger partial charge in [-0.2, -0.15) is 0 Å². The van der Waals surface area contributed by atoms with E-state index in [1.54, 1.807) is 48.5 Å². The Hall–Kier alpha value is -2.74. The van der Waals surface area contributed by atoms with Crippen LogP contribution >= 0.6 is 0 Å². The zero-order valence-corrected chi connectivity index (χ0v) is 16.5. The number of hydrogen-bond donors (Lipinski definition) is 0. The van der Waals surface area contributed by atoms with Crippen LogP contribution in [-0.4, -0.2) is 25.2 Å². The quantitative estimate of drug-likeness (QED) is 0.316. The lowest BCUT2D eigenvalue weighted by Crippen LogP contribution is -2.17. The van der Waals surface area contributed by atoms with Crippen molar-refractivity contribution in [2.45, 2.75) is 26.7 Å². The van der Waals surface area contributed by atoms with E-state index in [9.17, 15) is 9.59 Å². The molecule has 0 aliphatic heterocycles. The molecule has 29 heavy (non-hydrogen) atoms. The van der Waals surface area contributed by atoms with Crippen molar-refractivity contribution in [3.8, 4) is 0 Å². The lowest BCUT2D eigenvalue weighted by molar-refractivity contribution is -0.364. The van der Waals surface area contributed by atoms with E-state index in [-0.39, 0.29) is 19.3 Å². The Kier molecular flexibility index (Phi) is 9.30. The molecule has 7 heteroatoms. The molecule has 0 amide bonds. The molecule has 0 aliphatic rings. The highest BCUT2D eigenvalue weighted by Gasteiger charge is 2.21. The molecular formula is C22H24O7. The van der Waals surface area contributed by atoms with Crippen LogP contribution < -0.4 is 0 Å². The van der Waals surface area contributed by atoms with Gasteiger partial charge in [-0.1, -0.05) is 42.3 Å². The standard InChI is InChI=1S/C22H24O7/c1-4-14-25-15-13-20(26-28-21(23)18-9-5-16(2)6-10-18)27-29-22(24)19-11-7-17(3)8-12-19/h5-12H,1,4,13-15H2,2-3H3. The van der Waals surface area contributed by atoms with Gasteiger partial charge in [0.2, 0.25) is 0 Å². The molecule has 0 aromatic heterocycles. The zero-order chi connectivity index (χ0) is 21.1. The summed E-state index contributed by atoms with van der Waals surface area (Å²) in [5.41, 5.74) is 2.62. The highest BCUT2D eigenvalue weighted by atomic mass is 17.3. The Morgan fingerprint density at radius 3 is 1.59 bits per heavy atom. The molecule has 0 heterocycles. The van der Waals surface area contributed by atoms with Gasteiger partial charge < -0.3 is 4.74 Å². The molecule has 0 saturated heterocycles. The lowest BCUT2D eigenvalue weighted by atomic mass is 10.2. The average Bonchev–Trinajstić information content (AvgIpc) is 2.73. The van der Waals surface area contributed by atoms with Crippen LogP contribution in [0.4, 0.5) is 0 Å². The fourth-order valence-electron chi connectivity index (χ4n) is 2.10. The third-order valence-corrected chi connectivity index (χ3v) is 3.73. The van der Waals surface area contributed by atoms with Crippen LogP contribution in [0.5, 0.6) is 0 Å². The molecule has 2 aromatic rings. The van der Waals surface area contributed by atoms with Crippen LogP contribution in [-0.2, 0) is 24.3 Å². The predicted octanol–water partition coefficient (Wildman–Crippen LogP) is 4.30. The number of hydrogen-bond acceptors (Lipinski definition) is 7. The highest BCUT2D eigenvalue weighted by molar-refractivity contribution is 5.89. The van der Waals surface area contributed by atoms with E-state index < -0.39 is 11.9 Å². The molecule has 0 aliphatic carbocycles. The molecule has 2 rings (SSSR count). The molecule has 0 N–H and O–H groups in total. The molecule has 7 nitrogen and oxygen atoms in total. The second-order valence-corrected chi connectivity index (χ2v) is 6.23. The summed E-state index contributed by atoms with van der Waals surface area (Å²) in [6.07, 6.45) is 0.458. The Labute approximate surface area is 170 Å². The van der Waals surface area contributed by atoms with E-state index in [1.807, 2.05) is 13.8 Å². The molecule has 0 bridgehead atoms. The van der Waals surface area contributed by atoms with Crippen molar-refractivity contribution in [2.75, 3.05) is 13.2 Å². The lowest BCUT2D eigenvalue weighted by Gasteiger charge is -2.13. The smallest absolute Gasteiger partial charge is 0.373 e. The molecule has 2 radical (unpaired) electrons. The molecular weight excluding hydrogens is 376 g/mol. The van der Waals surface area contributed by atoms with E-state index in [1.165, 1.54) is 0 Å². The minimum Gasteiger partial charge on any atom is -0.381 e. The molecule has 0 spiro atoms. The first-order valence-corrected chi connectivity index (χ1v) is 9.13. The van der Waals surface area contributed by atoms with Gasteiger partial charge in [-0.05, 0) is 44.5 Å². The molecule has 0 fully saturated rings. The summed E-state index contributed by atoms with van der Waals surface area (Å²) >= 11 is 0. The third kappa shape index (κ3) is 8.03. The van der Waals surface area contributed by atoms with Gasteiger partial charge in [0.15, 0.2) is 0 Å². The maximum Gasteiger partial charge on any atom is 0.373 e. The number of carbonyl (C=O) groups is 2. The summed E-state index contributed by atoms with van der Waals surface area (Å²) in [7, 11) is 0. The van der Waals surface area contributed by atoms with Crippen molar-refractivity contribution in [1.29, 1.82) is 0 Å². The number of benzene rings is 2. The van der Waals surface area contributed by atoms with Gasteiger partial charge in [0.05, 0.1) is 17.7 Å².